The molecule has 0 amide bonds. The number of carbonyl (C=O) groups is 4. The average Bonchev–Trinajstić information content (AvgIpc) is 2.42. The maximum absolute atomic E-state index is 12.4. The Morgan fingerprint density at radius 3 is 1.72 bits per heavy atom. The highest BCUT2D eigenvalue weighted by Crippen LogP contribution is 2.24. The van der Waals surface area contributed by atoms with E-state index in [2.05, 4.69) is 0 Å². The molecule has 1 rings (SSSR count). The Hall–Kier alpha value is -3.16. The van der Waals surface area contributed by atoms with Crippen LogP contribution < -0.4 is 0 Å². The summed E-state index contributed by atoms with van der Waals surface area (Å²) >= 11 is 0. The van der Waals surface area contributed by atoms with Gasteiger partial charge >= 0.3 is 23.9 Å². The van der Waals surface area contributed by atoms with Crippen LogP contribution in [0.2, 0.25) is 0 Å². The zero-order valence-corrected chi connectivity index (χ0v) is 14.1. The van der Waals surface area contributed by atoms with Gasteiger partial charge in [-0.05, 0) is 45.9 Å². The van der Waals surface area contributed by atoms with Crippen LogP contribution in [-0.2, 0) is 4.74 Å². The number of benzene rings is 1. The fourth-order valence-corrected chi connectivity index (χ4v) is 2.41. The van der Waals surface area contributed by atoms with Crippen LogP contribution in [0.25, 0.3) is 0 Å². The minimum absolute atomic E-state index is 0.537. The molecule has 0 radical (unpaired) electrons. The lowest BCUT2D eigenvalue weighted by atomic mass is 9.95. The number of ether oxygens (including phenoxy) is 1. The zero-order chi connectivity index (χ0) is 19.5. The Balaban J connectivity index is 3.56. The number of allylic oxidation sites excluding steroid dienone is 1. The molecular formula is C17H18O8. The lowest BCUT2D eigenvalue weighted by molar-refractivity contribution is 0.0166. The Bertz CT molecular complexity index is 782. The van der Waals surface area contributed by atoms with Crippen molar-refractivity contribution in [1.29, 1.82) is 0 Å². The second-order valence-electron chi connectivity index (χ2n) is 6.04. The van der Waals surface area contributed by atoms with Gasteiger partial charge in [0.05, 0.1) is 22.3 Å². The minimum Gasteiger partial charge on any atom is -0.478 e. The molecule has 1 aromatic rings. The van der Waals surface area contributed by atoms with Gasteiger partial charge in [-0.3, -0.25) is 0 Å². The molecule has 0 spiro atoms. The summed E-state index contributed by atoms with van der Waals surface area (Å²) in [6.07, 6.45) is 1.63. The molecule has 0 atom stereocenters. The fraction of sp³-hybridized carbons (Fsp3) is 0.294. The van der Waals surface area contributed by atoms with Crippen molar-refractivity contribution in [3.8, 4) is 0 Å². The molecule has 0 heterocycles. The van der Waals surface area contributed by atoms with Gasteiger partial charge in [0, 0.05) is 0 Å². The first-order valence-electron chi connectivity index (χ1n) is 7.13. The molecule has 0 aliphatic rings. The molecule has 0 aromatic heterocycles. The molecule has 134 valence electrons. The van der Waals surface area contributed by atoms with Crippen LogP contribution in [0.4, 0.5) is 0 Å². The molecule has 0 aliphatic heterocycles. The van der Waals surface area contributed by atoms with E-state index in [4.69, 9.17) is 9.84 Å². The van der Waals surface area contributed by atoms with Crippen molar-refractivity contribution in [3.63, 3.8) is 0 Å². The molecule has 8 heteroatoms. The van der Waals surface area contributed by atoms with Crippen molar-refractivity contribution in [2.24, 2.45) is 0 Å². The molecule has 0 saturated heterocycles. The largest absolute Gasteiger partial charge is 0.478 e. The number of carboxylic acid groups (broad SMARTS) is 3. The summed E-state index contributed by atoms with van der Waals surface area (Å²) in [5.74, 6) is -6.20. The van der Waals surface area contributed by atoms with Crippen molar-refractivity contribution in [1.82, 2.24) is 0 Å². The van der Waals surface area contributed by atoms with E-state index in [0.717, 1.165) is 17.7 Å². The van der Waals surface area contributed by atoms with Gasteiger partial charge in [0.2, 0.25) is 0 Å². The Kier molecular flexibility index (Phi) is 5.70. The topological polar surface area (TPSA) is 138 Å². The number of rotatable bonds is 6. The molecule has 0 aliphatic carbocycles. The van der Waals surface area contributed by atoms with Crippen LogP contribution in [0.5, 0.6) is 0 Å². The van der Waals surface area contributed by atoms with E-state index in [1.165, 1.54) is 0 Å². The van der Waals surface area contributed by atoms with Crippen LogP contribution >= 0.6 is 0 Å². The molecule has 1 aromatic carbocycles. The molecule has 0 bridgehead atoms. The summed E-state index contributed by atoms with van der Waals surface area (Å²) in [6.45, 7) is 6.70. The highest BCUT2D eigenvalue weighted by Gasteiger charge is 2.31. The number of hydrogen-bond donors (Lipinski definition) is 3. The van der Waals surface area contributed by atoms with E-state index in [1.54, 1.807) is 33.8 Å². The van der Waals surface area contributed by atoms with Crippen LogP contribution in [0.3, 0.4) is 0 Å². The SMILES string of the molecule is CC(C)=CC(C)(C)OC(=O)c1ccc(C(=O)O)c(C(=O)O)c1C(=O)O. The third-order valence-electron chi connectivity index (χ3n) is 3.08. The van der Waals surface area contributed by atoms with Crippen LogP contribution in [0.15, 0.2) is 23.8 Å². The van der Waals surface area contributed by atoms with Crippen LogP contribution in [0, 0.1) is 0 Å². The maximum atomic E-state index is 12.4. The van der Waals surface area contributed by atoms with Gasteiger partial charge in [0.1, 0.15) is 5.60 Å². The first-order valence-corrected chi connectivity index (χ1v) is 7.13. The van der Waals surface area contributed by atoms with E-state index < -0.39 is 51.7 Å². The van der Waals surface area contributed by atoms with Gasteiger partial charge in [0.15, 0.2) is 0 Å². The normalized spacial score (nSPS) is 10.7. The highest BCUT2D eigenvalue weighted by molar-refractivity contribution is 6.14. The van der Waals surface area contributed by atoms with Gasteiger partial charge in [0.25, 0.3) is 0 Å². The van der Waals surface area contributed by atoms with E-state index in [0.29, 0.717) is 0 Å². The fourth-order valence-electron chi connectivity index (χ4n) is 2.41. The van der Waals surface area contributed by atoms with Crippen LogP contribution in [-0.4, -0.2) is 44.8 Å². The van der Waals surface area contributed by atoms with Gasteiger partial charge in [-0.25, -0.2) is 19.2 Å². The molecule has 0 unspecified atom stereocenters. The summed E-state index contributed by atoms with van der Waals surface area (Å²) in [5.41, 5.74) is -3.39. The summed E-state index contributed by atoms with van der Waals surface area (Å²) in [5, 5.41) is 27.6. The number of carboxylic acids is 3. The summed E-state index contributed by atoms with van der Waals surface area (Å²) < 4.78 is 5.24. The first kappa shape index (κ1) is 19.9. The third-order valence-corrected chi connectivity index (χ3v) is 3.08. The van der Waals surface area contributed by atoms with Crippen molar-refractivity contribution < 1.29 is 39.2 Å². The van der Waals surface area contributed by atoms with Crippen molar-refractivity contribution in [2.75, 3.05) is 0 Å². The van der Waals surface area contributed by atoms with E-state index in [-0.39, 0.29) is 0 Å². The summed E-state index contributed by atoms with van der Waals surface area (Å²) in [6, 6.07) is 1.79. The number of aromatic carboxylic acids is 3. The smallest absolute Gasteiger partial charge is 0.339 e. The molecule has 25 heavy (non-hydrogen) atoms. The Morgan fingerprint density at radius 2 is 1.32 bits per heavy atom. The number of hydrogen-bond acceptors (Lipinski definition) is 5. The first-order chi connectivity index (χ1) is 11.4. The summed E-state index contributed by atoms with van der Waals surface area (Å²) in [4.78, 5) is 46.4. The van der Waals surface area contributed by atoms with Crippen molar-refractivity contribution in [3.05, 3.63) is 46.0 Å². The van der Waals surface area contributed by atoms with E-state index >= 15 is 0 Å². The predicted molar refractivity (Wildman–Crippen MR) is 86.2 cm³/mol. The molecule has 0 saturated carbocycles. The van der Waals surface area contributed by atoms with Crippen LogP contribution in [0.1, 0.15) is 69.1 Å². The maximum Gasteiger partial charge on any atom is 0.339 e. The van der Waals surface area contributed by atoms with Crippen molar-refractivity contribution >= 4 is 23.9 Å². The monoisotopic (exact) mass is 350 g/mol. The van der Waals surface area contributed by atoms with Gasteiger partial charge < -0.3 is 20.1 Å². The van der Waals surface area contributed by atoms with Crippen molar-refractivity contribution in [2.45, 2.75) is 33.3 Å². The third kappa shape index (κ3) is 4.66. The Labute approximate surface area is 143 Å². The zero-order valence-electron chi connectivity index (χ0n) is 14.1. The van der Waals surface area contributed by atoms with E-state index in [1.807, 2.05) is 0 Å². The minimum atomic E-state index is -1.77. The molecule has 3 N–H and O–H groups in total. The van der Waals surface area contributed by atoms with E-state index in [9.17, 15) is 29.4 Å². The summed E-state index contributed by atoms with van der Waals surface area (Å²) in [7, 11) is 0. The molecular weight excluding hydrogens is 332 g/mol. The predicted octanol–water partition coefficient (Wildman–Crippen LogP) is 2.68. The number of carbonyl (C=O) groups excluding carboxylic acids is 1. The standard InChI is InChI=1S/C17H18O8/c1-8(2)7-17(3,4)25-16(24)10-6-5-9(13(18)19)11(14(20)21)12(10)15(22)23/h5-7H,1-4H3,(H,18,19)(H,20,21)(H,22,23). The average molecular weight is 350 g/mol. The Morgan fingerprint density at radius 1 is 0.880 bits per heavy atom. The number of esters is 1. The lowest BCUT2D eigenvalue weighted by Crippen LogP contribution is -2.28. The highest BCUT2D eigenvalue weighted by atomic mass is 16.6. The molecule has 0 fully saturated rings. The van der Waals surface area contributed by atoms with Gasteiger partial charge in [-0.1, -0.05) is 5.57 Å². The molecule has 8 nitrogen and oxygen atoms in total. The lowest BCUT2D eigenvalue weighted by Gasteiger charge is -2.23. The second kappa shape index (κ2) is 7.16. The quantitative estimate of drug-likeness (QED) is 0.526. The van der Waals surface area contributed by atoms with Gasteiger partial charge in [-0.2, -0.15) is 0 Å². The van der Waals surface area contributed by atoms with Gasteiger partial charge in [-0.15, -0.1) is 0 Å². The second-order valence-corrected chi connectivity index (χ2v) is 6.04.